The van der Waals surface area contributed by atoms with E-state index in [4.69, 9.17) is 22.1 Å². The summed E-state index contributed by atoms with van der Waals surface area (Å²) in [7, 11) is 0. The van der Waals surface area contributed by atoms with Crippen LogP contribution in [0.2, 0.25) is 5.02 Å². The number of benzene rings is 3. The van der Waals surface area contributed by atoms with Gasteiger partial charge in [0.1, 0.15) is 17.6 Å². The minimum atomic E-state index is -1.68. The van der Waals surface area contributed by atoms with Crippen LogP contribution in [0.4, 0.5) is 15.8 Å². The number of halogens is 2. The molecular weight excluding hydrogens is 563 g/mol. The number of fused-ring (bicyclic) bond motifs is 1. The summed E-state index contributed by atoms with van der Waals surface area (Å²) in [6, 6.07) is 16.9. The van der Waals surface area contributed by atoms with Crippen LogP contribution >= 0.6 is 11.6 Å². The van der Waals surface area contributed by atoms with Gasteiger partial charge in [-0.15, -0.1) is 0 Å². The number of aromatic amines is 1. The first kappa shape index (κ1) is 28.7. The Labute approximate surface area is 245 Å². The Hall–Kier alpha value is -4.87. The summed E-state index contributed by atoms with van der Waals surface area (Å²) in [5.41, 5.74) is 12.3. The van der Waals surface area contributed by atoms with E-state index in [1.165, 1.54) is 30.5 Å². The van der Waals surface area contributed by atoms with E-state index in [9.17, 15) is 14.4 Å². The van der Waals surface area contributed by atoms with Gasteiger partial charge in [0.25, 0.3) is 5.91 Å². The highest BCUT2D eigenvalue weighted by atomic mass is 35.5. The van der Waals surface area contributed by atoms with Crippen LogP contribution < -0.4 is 27.2 Å². The van der Waals surface area contributed by atoms with Gasteiger partial charge < -0.3 is 31.5 Å². The van der Waals surface area contributed by atoms with E-state index in [1.54, 1.807) is 55.5 Å². The monoisotopic (exact) mass is 590 g/mol. The van der Waals surface area contributed by atoms with Crippen LogP contribution in [0.3, 0.4) is 0 Å². The second-order valence-corrected chi connectivity index (χ2v) is 10.1. The van der Waals surface area contributed by atoms with Crippen LogP contribution in [0.15, 0.2) is 79.0 Å². The van der Waals surface area contributed by atoms with Crippen molar-refractivity contribution in [2.24, 2.45) is 0 Å². The molecule has 4 aromatic rings. The summed E-state index contributed by atoms with van der Waals surface area (Å²) < 4.78 is 20.2. The third-order valence-corrected chi connectivity index (χ3v) is 7.14. The average molecular weight is 591 g/mol. The summed E-state index contributed by atoms with van der Waals surface area (Å²) in [6.45, 7) is 1.96. The van der Waals surface area contributed by atoms with E-state index < -0.39 is 35.2 Å². The number of carbonyl (C=O) groups excluding carboxylic acids is 3. The van der Waals surface area contributed by atoms with Gasteiger partial charge in [-0.2, -0.15) is 0 Å². The van der Waals surface area contributed by atoms with Crippen LogP contribution in [-0.2, 0) is 26.3 Å². The topological polar surface area (TPSA) is 150 Å². The Bertz CT molecular complexity index is 1690. The SMILES string of the molecule is CCOC(=O)c1cc2cc(NC(=O)C(Cc3ccc(N)cc3)NC(=O)C3(c4cccc(Cl)c4F)C=CNN3)ccc2[nH]1. The van der Waals surface area contributed by atoms with Crippen molar-refractivity contribution in [2.75, 3.05) is 17.7 Å². The lowest BCUT2D eigenvalue weighted by Crippen LogP contribution is -2.58. The van der Waals surface area contributed by atoms with Crippen LogP contribution in [-0.4, -0.2) is 35.4 Å². The van der Waals surface area contributed by atoms with Crippen molar-refractivity contribution in [3.05, 3.63) is 107 Å². The van der Waals surface area contributed by atoms with Crippen LogP contribution in [0, 0.1) is 5.82 Å². The first-order chi connectivity index (χ1) is 20.2. The third-order valence-electron chi connectivity index (χ3n) is 6.85. The highest BCUT2D eigenvalue weighted by Gasteiger charge is 2.44. The Balaban J connectivity index is 1.43. The summed E-state index contributed by atoms with van der Waals surface area (Å²) in [6.07, 6.45) is 3.03. The van der Waals surface area contributed by atoms with Gasteiger partial charge >= 0.3 is 5.97 Å². The van der Waals surface area contributed by atoms with E-state index in [1.807, 2.05) is 0 Å². The number of hydrogen-bond donors (Lipinski definition) is 6. The molecule has 10 nitrogen and oxygen atoms in total. The quantitative estimate of drug-likeness (QED) is 0.128. The number of carbonyl (C=O) groups is 3. The molecule has 0 radical (unpaired) electrons. The first-order valence-corrected chi connectivity index (χ1v) is 13.5. The Morgan fingerprint density at radius 2 is 1.88 bits per heavy atom. The predicted octanol–water partition coefficient (Wildman–Crippen LogP) is 3.90. The number of nitrogens with two attached hydrogens (primary N) is 1. The lowest BCUT2D eigenvalue weighted by molar-refractivity contribution is -0.130. The van der Waals surface area contributed by atoms with E-state index in [-0.39, 0.29) is 29.3 Å². The highest BCUT2D eigenvalue weighted by Crippen LogP contribution is 2.31. The van der Waals surface area contributed by atoms with Crippen molar-refractivity contribution in [3.8, 4) is 0 Å². The van der Waals surface area contributed by atoms with Gasteiger partial charge in [-0.1, -0.05) is 35.9 Å². The molecule has 2 unspecified atom stereocenters. The van der Waals surface area contributed by atoms with E-state index >= 15 is 4.39 Å². The highest BCUT2D eigenvalue weighted by molar-refractivity contribution is 6.30. The fourth-order valence-corrected chi connectivity index (χ4v) is 4.89. The van der Waals surface area contributed by atoms with Crippen molar-refractivity contribution in [2.45, 2.75) is 24.9 Å². The lowest BCUT2D eigenvalue weighted by atomic mass is 9.89. The largest absolute Gasteiger partial charge is 0.461 e. The number of nitrogen functional groups attached to an aromatic ring is 1. The van der Waals surface area contributed by atoms with Crippen molar-refractivity contribution >= 4 is 51.7 Å². The maximum atomic E-state index is 15.1. The van der Waals surface area contributed by atoms with Crippen molar-refractivity contribution in [3.63, 3.8) is 0 Å². The molecule has 2 amide bonds. The lowest BCUT2D eigenvalue weighted by Gasteiger charge is -2.30. The maximum absolute atomic E-state index is 15.1. The fraction of sp³-hybridized carbons (Fsp3) is 0.167. The Morgan fingerprint density at radius 3 is 2.60 bits per heavy atom. The van der Waals surface area contributed by atoms with Gasteiger partial charge in [0, 0.05) is 40.5 Å². The molecule has 1 aliphatic heterocycles. The number of ether oxygens (including phenoxy) is 1. The number of hydrogen-bond acceptors (Lipinski definition) is 7. The zero-order chi connectivity index (χ0) is 29.9. The zero-order valence-electron chi connectivity index (χ0n) is 22.5. The summed E-state index contributed by atoms with van der Waals surface area (Å²) in [5.74, 6) is -2.45. The summed E-state index contributed by atoms with van der Waals surface area (Å²) in [4.78, 5) is 42.6. The van der Waals surface area contributed by atoms with Crippen LogP contribution in [0.5, 0.6) is 0 Å². The van der Waals surface area contributed by atoms with Crippen LogP contribution in [0.1, 0.15) is 28.5 Å². The molecule has 7 N–H and O–H groups in total. The molecule has 5 rings (SSSR count). The second-order valence-electron chi connectivity index (χ2n) is 9.68. The summed E-state index contributed by atoms with van der Waals surface area (Å²) in [5, 5.41) is 6.15. The maximum Gasteiger partial charge on any atom is 0.354 e. The van der Waals surface area contributed by atoms with Gasteiger partial charge in [0.05, 0.1) is 11.6 Å². The molecule has 216 valence electrons. The Morgan fingerprint density at radius 1 is 1.10 bits per heavy atom. The first-order valence-electron chi connectivity index (χ1n) is 13.1. The molecule has 2 heterocycles. The molecule has 0 spiro atoms. The van der Waals surface area contributed by atoms with Gasteiger partial charge in [-0.05, 0) is 61.0 Å². The average Bonchev–Trinajstić information content (AvgIpc) is 3.64. The van der Waals surface area contributed by atoms with E-state index in [2.05, 4.69) is 26.5 Å². The molecule has 0 aliphatic carbocycles. The number of anilines is 2. The molecule has 2 atom stereocenters. The van der Waals surface area contributed by atoms with Gasteiger partial charge in [0.2, 0.25) is 5.91 Å². The molecule has 0 fully saturated rings. The number of aromatic nitrogens is 1. The molecule has 12 heteroatoms. The van der Waals surface area contributed by atoms with Gasteiger partial charge in [-0.3, -0.25) is 9.59 Å². The molecule has 1 aromatic heterocycles. The minimum Gasteiger partial charge on any atom is -0.461 e. The van der Waals surface area contributed by atoms with Crippen LogP contribution in [0.25, 0.3) is 10.9 Å². The van der Waals surface area contributed by atoms with E-state index in [0.717, 1.165) is 5.56 Å². The molecule has 1 aliphatic rings. The predicted molar refractivity (Wildman–Crippen MR) is 158 cm³/mol. The normalized spacial score (nSPS) is 16.5. The number of hydrazine groups is 1. The standard InChI is InChI=1S/C30H28ClFN6O4/c1-2-42-28(40)25-16-18-15-20(10-11-23(18)36-25)35-27(39)24(14-17-6-8-19(33)9-7-17)37-29(41)30(12-13-34-38-30)21-4-3-5-22(31)26(21)32/h3-13,15-16,24,34,36,38H,2,14,33H2,1H3,(H,35,39)(H,37,41). The number of amides is 2. The van der Waals surface area contributed by atoms with E-state index in [0.29, 0.717) is 22.3 Å². The molecule has 0 bridgehead atoms. The number of esters is 1. The third kappa shape index (κ3) is 5.78. The Kier molecular flexibility index (Phi) is 8.14. The van der Waals surface area contributed by atoms with Crippen molar-refractivity contribution < 1.29 is 23.5 Å². The smallest absolute Gasteiger partial charge is 0.354 e. The minimum absolute atomic E-state index is 0.0179. The number of H-pyrrole nitrogens is 1. The number of nitrogens with one attached hydrogen (secondary N) is 5. The van der Waals surface area contributed by atoms with Gasteiger partial charge in [-0.25, -0.2) is 14.6 Å². The molecule has 3 aromatic carbocycles. The fourth-order valence-electron chi connectivity index (χ4n) is 4.71. The number of rotatable bonds is 9. The molecule has 42 heavy (non-hydrogen) atoms. The zero-order valence-corrected chi connectivity index (χ0v) is 23.2. The second kappa shape index (κ2) is 11.9. The van der Waals surface area contributed by atoms with Crippen molar-refractivity contribution in [1.82, 2.24) is 21.2 Å². The molecular formula is C30H28ClFN6O4. The summed E-state index contributed by atoms with van der Waals surface area (Å²) >= 11 is 6.02. The van der Waals surface area contributed by atoms with Gasteiger partial charge in [0.15, 0.2) is 5.54 Å². The molecule has 0 saturated carbocycles. The van der Waals surface area contributed by atoms with Crippen molar-refractivity contribution in [1.29, 1.82) is 0 Å². The molecule has 0 saturated heterocycles.